The molecule has 0 saturated carbocycles. The number of aryl methyl sites for hydroxylation is 2. The van der Waals surface area contributed by atoms with E-state index in [9.17, 15) is 5.11 Å². The quantitative estimate of drug-likeness (QED) is 0.471. The highest BCUT2D eigenvalue weighted by molar-refractivity contribution is 5.69. The Bertz CT molecular complexity index is 1340. The van der Waals surface area contributed by atoms with E-state index < -0.39 is 5.60 Å². The number of imidazole rings is 1. The molecule has 0 spiro atoms. The molecule has 0 unspecified atom stereocenters. The van der Waals surface area contributed by atoms with Crippen LogP contribution in [0.3, 0.4) is 0 Å². The van der Waals surface area contributed by atoms with Gasteiger partial charge in [0.25, 0.3) is 0 Å². The van der Waals surface area contributed by atoms with Crippen LogP contribution in [-0.2, 0) is 12.1 Å². The minimum Gasteiger partial charge on any atom is -0.497 e. The molecule has 0 bridgehead atoms. The molecule has 0 aliphatic carbocycles. The van der Waals surface area contributed by atoms with Gasteiger partial charge in [0.1, 0.15) is 17.1 Å². The van der Waals surface area contributed by atoms with Crippen molar-refractivity contribution in [2.24, 2.45) is 0 Å². The summed E-state index contributed by atoms with van der Waals surface area (Å²) in [5.74, 6) is 2.60. The number of fused-ring (bicyclic) bond motifs is 1. The number of benzene rings is 2. The molecule has 4 aromatic rings. The average Bonchev–Trinajstić information content (AvgIpc) is 3.49. The third-order valence-corrected chi connectivity index (χ3v) is 6.15. The summed E-state index contributed by atoms with van der Waals surface area (Å²) in [5, 5.41) is 16.2. The summed E-state index contributed by atoms with van der Waals surface area (Å²) in [7, 11) is 3.28. The summed E-state index contributed by atoms with van der Waals surface area (Å²) < 4.78 is 14.6. The normalized spacial score (nSPS) is 17.6. The Morgan fingerprint density at radius 2 is 1.88 bits per heavy atom. The Morgan fingerprint density at radius 1 is 1.06 bits per heavy atom. The van der Waals surface area contributed by atoms with Crippen LogP contribution in [-0.4, -0.2) is 43.6 Å². The van der Waals surface area contributed by atoms with E-state index in [2.05, 4.69) is 15.1 Å². The molecular formula is C26H27N5O3. The predicted molar refractivity (Wildman–Crippen MR) is 129 cm³/mol. The maximum atomic E-state index is 11.6. The second kappa shape index (κ2) is 8.79. The second-order valence-corrected chi connectivity index (χ2v) is 8.40. The maximum absolute atomic E-state index is 11.6. The van der Waals surface area contributed by atoms with E-state index >= 15 is 0 Å². The number of hydrogen-bond acceptors (Lipinski definition) is 6. The SMILES string of the molecule is COc1ccc([C@]2(O)CCCn3nc(C=Cc4ccc(-n5cnc(C)c5)c(OC)c4)nc32)cc1. The van der Waals surface area contributed by atoms with Gasteiger partial charge in [-0.3, -0.25) is 0 Å². The number of aliphatic hydroxyl groups is 1. The highest BCUT2D eigenvalue weighted by atomic mass is 16.5. The number of aromatic nitrogens is 5. The Morgan fingerprint density at radius 3 is 2.59 bits per heavy atom. The van der Waals surface area contributed by atoms with Crippen molar-refractivity contribution in [2.45, 2.75) is 31.9 Å². The molecular weight excluding hydrogens is 430 g/mol. The number of rotatable bonds is 6. The first-order valence-corrected chi connectivity index (χ1v) is 11.2. The highest BCUT2D eigenvalue weighted by Crippen LogP contribution is 2.37. The van der Waals surface area contributed by atoms with Crippen LogP contribution < -0.4 is 9.47 Å². The van der Waals surface area contributed by atoms with Gasteiger partial charge in [0, 0.05) is 12.7 Å². The first kappa shape index (κ1) is 21.9. The van der Waals surface area contributed by atoms with E-state index in [1.54, 1.807) is 25.2 Å². The molecule has 5 rings (SSSR count). The van der Waals surface area contributed by atoms with Crippen molar-refractivity contribution >= 4 is 12.2 Å². The Hall–Kier alpha value is -3.91. The zero-order valence-electron chi connectivity index (χ0n) is 19.5. The molecule has 0 fully saturated rings. The van der Waals surface area contributed by atoms with Gasteiger partial charge in [-0.05, 0) is 61.2 Å². The highest BCUT2D eigenvalue weighted by Gasteiger charge is 2.39. The first-order valence-electron chi connectivity index (χ1n) is 11.2. The zero-order chi connectivity index (χ0) is 23.7. The van der Waals surface area contributed by atoms with Crippen LogP contribution in [0.15, 0.2) is 55.0 Å². The monoisotopic (exact) mass is 457 g/mol. The molecule has 34 heavy (non-hydrogen) atoms. The maximum Gasteiger partial charge on any atom is 0.174 e. The first-order chi connectivity index (χ1) is 16.5. The van der Waals surface area contributed by atoms with Crippen molar-refractivity contribution < 1.29 is 14.6 Å². The van der Waals surface area contributed by atoms with Gasteiger partial charge in [0.05, 0.1) is 31.9 Å². The van der Waals surface area contributed by atoms with Gasteiger partial charge in [0.2, 0.25) is 0 Å². The minimum atomic E-state index is -1.18. The number of methoxy groups -OCH3 is 2. The zero-order valence-corrected chi connectivity index (χ0v) is 19.5. The van der Waals surface area contributed by atoms with Crippen LogP contribution in [0.5, 0.6) is 11.5 Å². The summed E-state index contributed by atoms with van der Waals surface area (Å²) in [4.78, 5) is 8.98. The molecule has 0 amide bonds. The largest absolute Gasteiger partial charge is 0.497 e. The molecule has 1 aliphatic heterocycles. The van der Waals surface area contributed by atoms with Crippen molar-refractivity contribution in [1.29, 1.82) is 0 Å². The lowest BCUT2D eigenvalue weighted by Gasteiger charge is -2.31. The third-order valence-electron chi connectivity index (χ3n) is 6.15. The van der Waals surface area contributed by atoms with Crippen molar-refractivity contribution in [3.8, 4) is 17.2 Å². The Labute approximate surface area is 198 Å². The third kappa shape index (κ3) is 3.97. The van der Waals surface area contributed by atoms with Crippen LogP contribution >= 0.6 is 0 Å². The van der Waals surface area contributed by atoms with Crippen molar-refractivity contribution in [3.05, 3.63) is 83.5 Å². The molecule has 8 heteroatoms. The second-order valence-electron chi connectivity index (χ2n) is 8.40. The summed E-state index contributed by atoms with van der Waals surface area (Å²) in [6.45, 7) is 2.68. The lowest BCUT2D eigenvalue weighted by Crippen LogP contribution is -2.35. The summed E-state index contributed by atoms with van der Waals surface area (Å²) >= 11 is 0. The molecule has 0 radical (unpaired) electrons. The fourth-order valence-electron chi connectivity index (χ4n) is 4.36. The van der Waals surface area contributed by atoms with Gasteiger partial charge < -0.3 is 19.1 Å². The van der Waals surface area contributed by atoms with Crippen LogP contribution in [0.1, 0.15) is 41.3 Å². The Kier molecular flexibility index (Phi) is 5.67. The summed E-state index contributed by atoms with van der Waals surface area (Å²) in [6, 6.07) is 13.4. The van der Waals surface area contributed by atoms with E-state index in [1.165, 1.54) is 0 Å². The van der Waals surface area contributed by atoms with Gasteiger partial charge in [-0.1, -0.05) is 24.3 Å². The van der Waals surface area contributed by atoms with E-state index in [4.69, 9.17) is 9.47 Å². The van der Waals surface area contributed by atoms with Gasteiger partial charge >= 0.3 is 0 Å². The molecule has 1 aliphatic rings. The molecule has 174 valence electrons. The number of ether oxygens (including phenoxy) is 2. The fourth-order valence-corrected chi connectivity index (χ4v) is 4.36. The molecule has 0 saturated heterocycles. The molecule has 2 aromatic carbocycles. The van der Waals surface area contributed by atoms with E-state index in [1.807, 2.05) is 72.3 Å². The lowest BCUT2D eigenvalue weighted by molar-refractivity contribution is 0.0395. The molecule has 1 N–H and O–H groups in total. The topological polar surface area (TPSA) is 87.2 Å². The standard InChI is InChI=1S/C26H27N5O3/c1-18-16-30(17-27-18)22-11-5-19(15-23(22)34-3)6-12-24-28-25-26(32,13-4-14-31(25)29-24)20-7-9-21(33-2)10-8-20/h5-12,15-17,32H,4,13-14H2,1-3H3/t26-/m1/s1. The molecule has 1 atom stereocenters. The Balaban J connectivity index is 1.42. The van der Waals surface area contributed by atoms with Gasteiger partial charge in [-0.15, -0.1) is 0 Å². The van der Waals surface area contributed by atoms with Crippen LogP contribution in [0.4, 0.5) is 0 Å². The van der Waals surface area contributed by atoms with E-state index in [0.717, 1.165) is 47.0 Å². The van der Waals surface area contributed by atoms with Crippen molar-refractivity contribution in [2.75, 3.05) is 14.2 Å². The number of hydrogen-bond donors (Lipinski definition) is 1. The van der Waals surface area contributed by atoms with Gasteiger partial charge in [-0.2, -0.15) is 5.10 Å². The predicted octanol–water partition coefficient (Wildman–Crippen LogP) is 3.99. The lowest BCUT2D eigenvalue weighted by atomic mass is 9.86. The van der Waals surface area contributed by atoms with Gasteiger partial charge in [-0.25, -0.2) is 14.6 Å². The van der Waals surface area contributed by atoms with Crippen LogP contribution in [0.2, 0.25) is 0 Å². The van der Waals surface area contributed by atoms with Gasteiger partial charge in [0.15, 0.2) is 11.6 Å². The average molecular weight is 458 g/mol. The van der Waals surface area contributed by atoms with E-state index in [-0.39, 0.29) is 0 Å². The molecule has 8 nitrogen and oxygen atoms in total. The van der Waals surface area contributed by atoms with Crippen LogP contribution in [0.25, 0.3) is 17.8 Å². The van der Waals surface area contributed by atoms with E-state index in [0.29, 0.717) is 18.1 Å². The van der Waals surface area contributed by atoms with Crippen LogP contribution in [0, 0.1) is 6.92 Å². The fraction of sp³-hybridized carbons (Fsp3) is 0.269. The smallest absolute Gasteiger partial charge is 0.174 e. The minimum absolute atomic E-state index is 0.553. The number of nitrogens with zero attached hydrogens (tertiary/aromatic N) is 5. The van der Waals surface area contributed by atoms with Crippen molar-refractivity contribution in [3.63, 3.8) is 0 Å². The van der Waals surface area contributed by atoms with Crippen molar-refractivity contribution in [1.82, 2.24) is 24.3 Å². The summed E-state index contributed by atoms with van der Waals surface area (Å²) in [5.41, 5.74) is 2.41. The summed E-state index contributed by atoms with van der Waals surface area (Å²) in [6.07, 6.45) is 8.93. The molecule has 3 heterocycles. The molecule has 2 aromatic heterocycles.